The van der Waals surface area contributed by atoms with Gasteiger partial charge in [0.05, 0.1) is 21.2 Å². The number of rotatable bonds is 2. The predicted molar refractivity (Wildman–Crippen MR) is 96.1 cm³/mol. The molecule has 2 heterocycles. The van der Waals surface area contributed by atoms with E-state index in [-0.39, 0.29) is 21.2 Å². The topological polar surface area (TPSA) is 25.8 Å². The Balaban J connectivity index is 1.85. The monoisotopic (exact) mass is 398 g/mol. The molecule has 0 saturated carbocycles. The van der Waals surface area contributed by atoms with Gasteiger partial charge in [-0.15, -0.1) is 0 Å². The Morgan fingerprint density at radius 1 is 0.708 bits per heavy atom. The number of fused-ring (bicyclic) bond motifs is 1. The molecule has 24 heavy (non-hydrogen) atoms. The number of benzene rings is 2. The molecule has 0 N–H and O–H groups in total. The van der Waals surface area contributed by atoms with Crippen molar-refractivity contribution < 1.29 is 8.78 Å². The van der Waals surface area contributed by atoms with Gasteiger partial charge in [0.15, 0.2) is 9.66 Å². The lowest BCUT2D eigenvalue weighted by Gasteiger charge is -2.02. The smallest absolute Gasteiger partial charge is 0.155 e. The first kappa shape index (κ1) is 15.9. The maximum Gasteiger partial charge on any atom is 0.155 e. The molecule has 0 saturated heterocycles. The van der Waals surface area contributed by atoms with E-state index in [0.717, 1.165) is 0 Å². The Labute approximate surface area is 153 Å². The predicted octanol–water partition coefficient (Wildman–Crippen LogP) is 6.67. The first-order chi connectivity index (χ1) is 11.5. The van der Waals surface area contributed by atoms with Crippen LogP contribution in [0.4, 0.5) is 8.78 Å². The molecule has 4 aromatic rings. The summed E-state index contributed by atoms with van der Waals surface area (Å²) in [6.07, 6.45) is 0. The van der Waals surface area contributed by atoms with Gasteiger partial charge in [0.2, 0.25) is 0 Å². The van der Waals surface area contributed by atoms with Crippen molar-refractivity contribution >= 4 is 55.5 Å². The molecule has 0 amide bonds. The molecule has 120 valence electrons. The second-order valence-electron chi connectivity index (χ2n) is 4.84. The lowest BCUT2D eigenvalue weighted by atomic mass is 10.2. The highest BCUT2D eigenvalue weighted by Gasteiger charge is 2.19. The fraction of sp³-hybridized carbons (Fsp3) is 0. The number of hydrogen-bond acceptors (Lipinski definition) is 4. The van der Waals surface area contributed by atoms with E-state index in [1.165, 1.54) is 46.9 Å². The zero-order chi connectivity index (χ0) is 16.8. The molecule has 0 bridgehead atoms. The van der Waals surface area contributed by atoms with Crippen molar-refractivity contribution in [1.82, 2.24) is 9.97 Å². The van der Waals surface area contributed by atoms with Crippen molar-refractivity contribution in [2.24, 2.45) is 0 Å². The molecule has 0 spiro atoms. The third-order valence-electron chi connectivity index (χ3n) is 3.33. The van der Waals surface area contributed by atoms with E-state index in [4.69, 9.17) is 23.2 Å². The highest BCUT2D eigenvalue weighted by atomic mass is 35.5. The van der Waals surface area contributed by atoms with E-state index in [9.17, 15) is 8.78 Å². The molecule has 0 aliphatic rings. The lowest BCUT2D eigenvalue weighted by molar-refractivity contribution is 0.631. The van der Waals surface area contributed by atoms with Crippen molar-refractivity contribution in [1.29, 1.82) is 0 Å². The van der Waals surface area contributed by atoms with E-state index in [0.29, 0.717) is 19.7 Å². The molecule has 0 aliphatic carbocycles. The van der Waals surface area contributed by atoms with Crippen LogP contribution in [0.15, 0.2) is 36.4 Å². The Morgan fingerprint density at radius 3 is 1.50 bits per heavy atom. The average molecular weight is 399 g/mol. The number of thiazole rings is 2. The molecule has 4 rings (SSSR count). The van der Waals surface area contributed by atoms with E-state index in [1.54, 1.807) is 12.1 Å². The highest BCUT2D eigenvalue weighted by molar-refractivity contribution is 7.29. The van der Waals surface area contributed by atoms with Gasteiger partial charge in [-0.2, -0.15) is 0 Å². The van der Waals surface area contributed by atoms with Crippen molar-refractivity contribution in [2.45, 2.75) is 0 Å². The SMILES string of the molecule is Fc1cccc(Cl)c1-c1nc2sc(-c3c(F)cccc3Cl)nc2s1. The van der Waals surface area contributed by atoms with E-state index in [2.05, 4.69) is 9.97 Å². The van der Waals surface area contributed by atoms with Gasteiger partial charge in [-0.3, -0.25) is 0 Å². The molecule has 8 heteroatoms. The average Bonchev–Trinajstić information content (AvgIpc) is 3.05. The van der Waals surface area contributed by atoms with Gasteiger partial charge in [0.25, 0.3) is 0 Å². The van der Waals surface area contributed by atoms with Crippen LogP contribution in [-0.4, -0.2) is 9.97 Å². The zero-order valence-electron chi connectivity index (χ0n) is 11.7. The van der Waals surface area contributed by atoms with Crippen molar-refractivity contribution in [3.05, 3.63) is 58.1 Å². The standard InChI is InChI=1S/C16H6Cl2F2N2S2/c17-7-3-1-5-9(19)11(7)13-21-15-16(23-13)22-14(24-15)12-8(18)4-2-6-10(12)20/h1-6H. The molecule has 0 aliphatic heterocycles. The van der Waals surface area contributed by atoms with Crippen LogP contribution in [0.5, 0.6) is 0 Å². The second kappa shape index (κ2) is 6.04. The van der Waals surface area contributed by atoms with Crippen molar-refractivity contribution in [2.75, 3.05) is 0 Å². The fourth-order valence-electron chi connectivity index (χ4n) is 2.26. The van der Waals surface area contributed by atoms with Gasteiger partial charge in [0.1, 0.15) is 21.6 Å². The maximum atomic E-state index is 14.0. The van der Waals surface area contributed by atoms with Crippen molar-refractivity contribution in [3.8, 4) is 21.1 Å². The molecule has 2 aromatic heterocycles. The minimum atomic E-state index is -0.443. The summed E-state index contributed by atoms with van der Waals surface area (Å²) >= 11 is 14.5. The number of nitrogens with zero attached hydrogens (tertiary/aromatic N) is 2. The van der Waals surface area contributed by atoms with E-state index < -0.39 is 11.6 Å². The molecule has 2 aromatic carbocycles. The summed E-state index contributed by atoms with van der Waals surface area (Å²) in [5, 5.41) is 1.46. The molecule has 0 atom stereocenters. The quantitative estimate of drug-likeness (QED) is 0.376. The van der Waals surface area contributed by atoms with Crippen molar-refractivity contribution in [3.63, 3.8) is 0 Å². The summed E-state index contributed by atoms with van der Waals surface area (Å²) in [6, 6.07) is 8.94. The van der Waals surface area contributed by atoms with Crippen LogP contribution >= 0.6 is 45.9 Å². The molecule has 0 fully saturated rings. The summed E-state index contributed by atoms with van der Waals surface area (Å²) in [4.78, 5) is 9.96. The fourth-order valence-corrected chi connectivity index (χ4v) is 5.04. The van der Waals surface area contributed by atoms with Crippen LogP contribution in [-0.2, 0) is 0 Å². The summed E-state index contributed by atoms with van der Waals surface area (Å²) in [5.41, 5.74) is 0.500. The molecule has 0 unspecified atom stereocenters. The minimum absolute atomic E-state index is 0.250. The molecular weight excluding hydrogens is 393 g/mol. The minimum Gasteiger partial charge on any atom is -0.223 e. The molecular formula is C16H6Cl2F2N2S2. The Morgan fingerprint density at radius 2 is 1.12 bits per heavy atom. The lowest BCUT2D eigenvalue weighted by Crippen LogP contribution is -1.85. The zero-order valence-corrected chi connectivity index (χ0v) is 14.8. The van der Waals surface area contributed by atoms with Gasteiger partial charge in [-0.25, -0.2) is 18.7 Å². The van der Waals surface area contributed by atoms with Crippen LogP contribution < -0.4 is 0 Å². The van der Waals surface area contributed by atoms with Crippen LogP contribution in [0.1, 0.15) is 0 Å². The van der Waals surface area contributed by atoms with Gasteiger partial charge in [-0.1, -0.05) is 58.0 Å². The number of aromatic nitrogens is 2. The van der Waals surface area contributed by atoms with E-state index in [1.807, 2.05) is 0 Å². The second-order valence-corrected chi connectivity index (χ2v) is 7.61. The Bertz CT molecular complexity index is 922. The Kier molecular flexibility index (Phi) is 4.00. The van der Waals surface area contributed by atoms with Gasteiger partial charge < -0.3 is 0 Å². The summed E-state index contributed by atoms with van der Waals surface area (Å²) < 4.78 is 28.0. The van der Waals surface area contributed by atoms with Gasteiger partial charge >= 0.3 is 0 Å². The van der Waals surface area contributed by atoms with Crippen LogP contribution in [0.25, 0.3) is 30.8 Å². The third-order valence-corrected chi connectivity index (χ3v) is 6.02. The summed E-state index contributed by atoms with van der Waals surface area (Å²) in [5.74, 6) is -0.887. The summed E-state index contributed by atoms with van der Waals surface area (Å²) in [6.45, 7) is 0. The third kappa shape index (κ3) is 2.59. The number of halogens is 4. The number of hydrogen-bond donors (Lipinski definition) is 0. The van der Waals surface area contributed by atoms with Crippen LogP contribution in [0.3, 0.4) is 0 Å². The Hall–Kier alpha value is -1.60. The molecule has 0 radical (unpaired) electrons. The van der Waals surface area contributed by atoms with Gasteiger partial charge in [0, 0.05) is 0 Å². The maximum absolute atomic E-state index is 14.0. The van der Waals surface area contributed by atoms with Gasteiger partial charge in [-0.05, 0) is 24.3 Å². The largest absolute Gasteiger partial charge is 0.223 e. The summed E-state index contributed by atoms with van der Waals surface area (Å²) in [7, 11) is 0. The van der Waals surface area contributed by atoms with E-state index >= 15 is 0 Å². The highest BCUT2D eigenvalue weighted by Crippen LogP contribution is 2.41. The normalized spacial score (nSPS) is 11.3. The first-order valence-corrected chi connectivity index (χ1v) is 9.09. The first-order valence-electron chi connectivity index (χ1n) is 6.70. The molecule has 2 nitrogen and oxygen atoms in total. The van der Waals surface area contributed by atoms with Crippen LogP contribution in [0.2, 0.25) is 10.0 Å². The van der Waals surface area contributed by atoms with Crippen LogP contribution in [0, 0.1) is 11.6 Å².